The molecule has 1 heterocycles. The first-order valence-corrected chi connectivity index (χ1v) is 9.93. The lowest BCUT2D eigenvalue weighted by atomic mass is 9.95. The second-order valence-corrected chi connectivity index (χ2v) is 7.45. The summed E-state index contributed by atoms with van der Waals surface area (Å²) >= 11 is 0. The molecule has 0 unspecified atom stereocenters. The highest BCUT2D eigenvalue weighted by atomic mass is 16.5. The fraction of sp³-hybridized carbons (Fsp3) is 0.619. The van der Waals surface area contributed by atoms with Crippen molar-refractivity contribution in [1.82, 2.24) is 10.2 Å². The third-order valence-corrected chi connectivity index (χ3v) is 5.63. The maximum atomic E-state index is 12.8. The van der Waals surface area contributed by atoms with E-state index in [1.54, 1.807) is 25.2 Å². The fourth-order valence-corrected chi connectivity index (χ4v) is 4.15. The van der Waals surface area contributed by atoms with Crippen LogP contribution in [0, 0.1) is 0 Å². The quantitative estimate of drug-likeness (QED) is 0.831. The number of rotatable bonds is 6. The molecule has 1 atom stereocenters. The van der Waals surface area contributed by atoms with Gasteiger partial charge < -0.3 is 19.7 Å². The topological polar surface area (TPSA) is 67.9 Å². The van der Waals surface area contributed by atoms with Crippen molar-refractivity contribution in [2.24, 2.45) is 0 Å². The third kappa shape index (κ3) is 4.73. The van der Waals surface area contributed by atoms with Gasteiger partial charge in [0.05, 0.1) is 20.6 Å². The fourth-order valence-electron chi connectivity index (χ4n) is 4.15. The first-order valence-electron chi connectivity index (χ1n) is 9.93. The smallest absolute Gasteiger partial charge is 0.243 e. The van der Waals surface area contributed by atoms with E-state index in [9.17, 15) is 9.59 Å². The molecule has 2 fully saturated rings. The Morgan fingerprint density at radius 3 is 2.48 bits per heavy atom. The minimum atomic E-state index is -0.334. The number of carbonyl (C=O) groups excluding carboxylic acids is 2. The Labute approximate surface area is 161 Å². The van der Waals surface area contributed by atoms with Crippen LogP contribution >= 0.6 is 0 Å². The third-order valence-electron chi connectivity index (χ3n) is 5.63. The molecule has 2 amide bonds. The van der Waals surface area contributed by atoms with Gasteiger partial charge in [0.15, 0.2) is 11.5 Å². The van der Waals surface area contributed by atoms with Crippen LogP contribution in [-0.4, -0.2) is 49.6 Å². The minimum absolute atomic E-state index is 0.0106. The molecule has 27 heavy (non-hydrogen) atoms. The van der Waals surface area contributed by atoms with Crippen molar-refractivity contribution in [2.75, 3.05) is 20.8 Å². The van der Waals surface area contributed by atoms with E-state index in [2.05, 4.69) is 5.32 Å². The lowest BCUT2D eigenvalue weighted by molar-refractivity contribution is -0.138. The number of hydrogen-bond donors (Lipinski definition) is 1. The predicted octanol–water partition coefficient (Wildman–Crippen LogP) is 2.69. The Morgan fingerprint density at radius 2 is 1.78 bits per heavy atom. The van der Waals surface area contributed by atoms with Crippen molar-refractivity contribution >= 4 is 11.8 Å². The molecular weight excluding hydrogens is 344 g/mol. The Kier molecular flexibility index (Phi) is 6.58. The number of hydrogen-bond acceptors (Lipinski definition) is 4. The summed E-state index contributed by atoms with van der Waals surface area (Å²) in [7, 11) is 3.16. The molecule has 1 N–H and O–H groups in total. The van der Waals surface area contributed by atoms with E-state index in [4.69, 9.17) is 9.47 Å². The monoisotopic (exact) mass is 374 g/mol. The SMILES string of the molecule is COc1ccc(CC(=O)N2CCC[C@H]2C(=O)NC2CCCCC2)cc1OC. The Hall–Kier alpha value is -2.24. The summed E-state index contributed by atoms with van der Waals surface area (Å²) < 4.78 is 10.6. The van der Waals surface area contributed by atoms with Crippen LogP contribution < -0.4 is 14.8 Å². The van der Waals surface area contributed by atoms with E-state index in [0.717, 1.165) is 31.2 Å². The summed E-state index contributed by atoms with van der Waals surface area (Å²) in [6, 6.07) is 5.43. The molecule has 6 nitrogen and oxygen atoms in total. The summed E-state index contributed by atoms with van der Waals surface area (Å²) in [5.74, 6) is 1.25. The molecule has 3 rings (SSSR count). The lowest BCUT2D eigenvalue weighted by Gasteiger charge is -2.28. The zero-order valence-electron chi connectivity index (χ0n) is 16.3. The van der Waals surface area contributed by atoms with Gasteiger partial charge in [-0.1, -0.05) is 25.3 Å². The average molecular weight is 374 g/mol. The van der Waals surface area contributed by atoms with Crippen molar-refractivity contribution in [3.63, 3.8) is 0 Å². The summed E-state index contributed by atoms with van der Waals surface area (Å²) in [6.45, 7) is 0.648. The highest BCUT2D eigenvalue weighted by Gasteiger charge is 2.34. The largest absolute Gasteiger partial charge is 0.493 e. The van der Waals surface area contributed by atoms with Gasteiger partial charge in [0.2, 0.25) is 11.8 Å². The molecular formula is C21H30N2O4. The molecule has 0 aromatic heterocycles. The van der Waals surface area contributed by atoms with E-state index < -0.39 is 0 Å². The second-order valence-electron chi connectivity index (χ2n) is 7.45. The maximum Gasteiger partial charge on any atom is 0.243 e. The molecule has 1 aliphatic heterocycles. The lowest BCUT2D eigenvalue weighted by Crippen LogP contribution is -2.49. The van der Waals surface area contributed by atoms with Crippen molar-refractivity contribution < 1.29 is 19.1 Å². The molecule has 6 heteroatoms. The van der Waals surface area contributed by atoms with Crippen LogP contribution in [0.3, 0.4) is 0 Å². The molecule has 1 saturated carbocycles. The van der Waals surface area contributed by atoms with Gasteiger partial charge in [-0.3, -0.25) is 9.59 Å². The molecule has 148 valence electrons. The number of amides is 2. The standard InChI is InChI=1S/C21H30N2O4/c1-26-18-11-10-15(13-19(18)27-2)14-20(24)23-12-6-9-17(23)21(25)22-16-7-4-3-5-8-16/h10-11,13,16-17H,3-9,12,14H2,1-2H3,(H,22,25)/t17-/m0/s1. The molecule has 2 aliphatic rings. The van der Waals surface area contributed by atoms with Gasteiger partial charge in [-0.05, 0) is 43.4 Å². The zero-order valence-corrected chi connectivity index (χ0v) is 16.3. The van der Waals surface area contributed by atoms with E-state index in [1.807, 2.05) is 12.1 Å². The van der Waals surface area contributed by atoms with Crippen LogP contribution in [-0.2, 0) is 16.0 Å². The number of likely N-dealkylation sites (tertiary alicyclic amines) is 1. The first kappa shape index (κ1) is 19.5. The predicted molar refractivity (Wildman–Crippen MR) is 103 cm³/mol. The second kappa shape index (κ2) is 9.11. The Morgan fingerprint density at radius 1 is 1.04 bits per heavy atom. The molecule has 1 aliphatic carbocycles. The number of nitrogens with one attached hydrogen (secondary N) is 1. The molecule has 0 bridgehead atoms. The molecule has 1 aromatic rings. The van der Waals surface area contributed by atoms with Crippen LogP contribution in [0.25, 0.3) is 0 Å². The molecule has 1 saturated heterocycles. The van der Waals surface area contributed by atoms with Gasteiger partial charge in [-0.25, -0.2) is 0 Å². The summed E-state index contributed by atoms with van der Waals surface area (Å²) in [5.41, 5.74) is 0.857. The van der Waals surface area contributed by atoms with Crippen LogP contribution in [0.4, 0.5) is 0 Å². The summed E-state index contributed by atoms with van der Waals surface area (Å²) in [6.07, 6.45) is 7.60. The maximum absolute atomic E-state index is 12.8. The molecule has 0 spiro atoms. The average Bonchev–Trinajstić information content (AvgIpc) is 3.19. The summed E-state index contributed by atoms with van der Waals surface area (Å²) in [5, 5.41) is 3.17. The van der Waals surface area contributed by atoms with Gasteiger partial charge in [0.25, 0.3) is 0 Å². The van der Waals surface area contributed by atoms with Crippen molar-refractivity contribution in [2.45, 2.75) is 63.5 Å². The van der Waals surface area contributed by atoms with Crippen LogP contribution in [0.2, 0.25) is 0 Å². The Bertz CT molecular complexity index is 670. The van der Waals surface area contributed by atoms with Gasteiger partial charge >= 0.3 is 0 Å². The number of methoxy groups -OCH3 is 2. The number of nitrogens with zero attached hydrogens (tertiary/aromatic N) is 1. The van der Waals surface area contributed by atoms with E-state index in [-0.39, 0.29) is 30.3 Å². The first-order chi connectivity index (χ1) is 13.1. The Balaban J connectivity index is 1.62. The minimum Gasteiger partial charge on any atom is -0.493 e. The summed E-state index contributed by atoms with van der Waals surface area (Å²) in [4.78, 5) is 27.3. The highest BCUT2D eigenvalue weighted by molar-refractivity contribution is 5.89. The normalized spacial score (nSPS) is 20.4. The number of benzene rings is 1. The number of ether oxygens (including phenoxy) is 2. The van der Waals surface area contributed by atoms with Crippen molar-refractivity contribution in [3.8, 4) is 11.5 Å². The zero-order chi connectivity index (χ0) is 19.2. The molecule has 1 aromatic carbocycles. The number of carbonyl (C=O) groups is 2. The van der Waals surface area contributed by atoms with Crippen molar-refractivity contribution in [1.29, 1.82) is 0 Å². The van der Waals surface area contributed by atoms with Crippen LogP contribution in [0.1, 0.15) is 50.5 Å². The van der Waals surface area contributed by atoms with Gasteiger partial charge in [-0.15, -0.1) is 0 Å². The van der Waals surface area contributed by atoms with Crippen LogP contribution in [0.15, 0.2) is 18.2 Å². The van der Waals surface area contributed by atoms with Crippen molar-refractivity contribution in [3.05, 3.63) is 23.8 Å². The highest BCUT2D eigenvalue weighted by Crippen LogP contribution is 2.28. The van der Waals surface area contributed by atoms with E-state index in [1.165, 1.54) is 19.3 Å². The van der Waals surface area contributed by atoms with Crippen LogP contribution in [0.5, 0.6) is 11.5 Å². The van der Waals surface area contributed by atoms with E-state index in [0.29, 0.717) is 18.0 Å². The van der Waals surface area contributed by atoms with Gasteiger partial charge in [-0.2, -0.15) is 0 Å². The van der Waals surface area contributed by atoms with Gasteiger partial charge in [0, 0.05) is 12.6 Å². The van der Waals surface area contributed by atoms with E-state index >= 15 is 0 Å². The molecule has 0 radical (unpaired) electrons. The van der Waals surface area contributed by atoms with Gasteiger partial charge in [0.1, 0.15) is 6.04 Å².